The molecule has 3 N–H and O–H groups in total. The number of rotatable bonds is 7. The van der Waals surface area contributed by atoms with Crippen molar-refractivity contribution in [3.05, 3.63) is 24.3 Å². The van der Waals surface area contributed by atoms with E-state index >= 15 is 0 Å². The molecular weight excluding hydrogens is 254 g/mol. The smallest absolute Gasteiger partial charge is 0.244 e. The van der Waals surface area contributed by atoms with Gasteiger partial charge in [0.05, 0.1) is 5.69 Å². The van der Waals surface area contributed by atoms with E-state index in [0.717, 1.165) is 0 Å². The fourth-order valence-electron chi connectivity index (χ4n) is 1.53. The van der Waals surface area contributed by atoms with Gasteiger partial charge in [0, 0.05) is 27.3 Å². The number of hydrogen-bond donors (Lipinski definition) is 2. The van der Waals surface area contributed by atoms with Crippen LogP contribution in [-0.2, 0) is 14.8 Å². The minimum absolute atomic E-state index is 0.174. The normalized spacial score (nSPS) is 11.8. The van der Waals surface area contributed by atoms with E-state index in [9.17, 15) is 8.42 Å². The predicted molar refractivity (Wildman–Crippen MR) is 70.6 cm³/mol. The number of nitrogens with two attached hydrogens (primary N) is 1. The van der Waals surface area contributed by atoms with E-state index in [1.54, 1.807) is 25.3 Å². The summed E-state index contributed by atoms with van der Waals surface area (Å²) in [7, 11) is -0.401. The lowest BCUT2D eigenvalue weighted by molar-refractivity contribution is 0.189. The molecule has 0 heterocycles. The van der Waals surface area contributed by atoms with Crippen LogP contribution in [0.5, 0.6) is 0 Å². The molecule has 0 aliphatic carbocycles. The van der Waals surface area contributed by atoms with E-state index in [1.807, 2.05) is 0 Å². The van der Waals surface area contributed by atoms with Gasteiger partial charge in [-0.3, -0.25) is 5.84 Å². The molecule has 0 saturated carbocycles. The molecule has 102 valence electrons. The van der Waals surface area contributed by atoms with Gasteiger partial charge >= 0.3 is 0 Å². The summed E-state index contributed by atoms with van der Waals surface area (Å²) in [4.78, 5) is 0.174. The van der Waals surface area contributed by atoms with Crippen LogP contribution in [0.1, 0.15) is 6.42 Å². The molecule has 0 unspecified atom stereocenters. The van der Waals surface area contributed by atoms with Crippen LogP contribution in [0.15, 0.2) is 29.2 Å². The Kier molecular flexibility index (Phi) is 5.54. The second-order valence-corrected chi connectivity index (χ2v) is 5.83. The van der Waals surface area contributed by atoms with Gasteiger partial charge in [-0.2, -0.15) is 0 Å². The van der Waals surface area contributed by atoms with Gasteiger partial charge in [0.15, 0.2) is 0 Å². The monoisotopic (exact) mass is 273 g/mol. The van der Waals surface area contributed by atoms with E-state index in [2.05, 4.69) is 5.43 Å². The maximum atomic E-state index is 12.3. The Hall–Kier alpha value is -1.15. The second kappa shape index (κ2) is 6.69. The highest BCUT2D eigenvalue weighted by Crippen LogP contribution is 2.22. The first kappa shape index (κ1) is 14.9. The molecular formula is C11H19N3O3S. The molecule has 1 rings (SSSR count). The highest BCUT2D eigenvalue weighted by Gasteiger charge is 2.22. The summed E-state index contributed by atoms with van der Waals surface area (Å²) < 4.78 is 30.8. The zero-order valence-corrected chi connectivity index (χ0v) is 11.4. The Morgan fingerprint density at radius 3 is 2.67 bits per heavy atom. The summed E-state index contributed by atoms with van der Waals surface area (Å²) in [6.45, 7) is 0.922. The zero-order chi connectivity index (χ0) is 13.6. The molecule has 7 heteroatoms. The Balaban J connectivity index is 2.91. The fourth-order valence-corrected chi connectivity index (χ4v) is 2.89. The molecule has 0 aliphatic heterocycles. The predicted octanol–water partition coefficient (Wildman–Crippen LogP) is 0.629. The molecule has 0 aromatic heterocycles. The quantitative estimate of drug-likeness (QED) is 0.432. The number of para-hydroxylation sites is 1. The average Bonchev–Trinajstić information content (AvgIpc) is 2.38. The van der Waals surface area contributed by atoms with Gasteiger partial charge in [0.1, 0.15) is 4.90 Å². The molecule has 6 nitrogen and oxygen atoms in total. The van der Waals surface area contributed by atoms with Crippen LogP contribution in [0.4, 0.5) is 5.69 Å². The molecule has 0 spiro atoms. The van der Waals surface area contributed by atoms with Crippen LogP contribution < -0.4 is 11.3 Å². The third-order valence-corrected chi connectivity index (χ3v) is 4.47. The average molecular weight is 273 g/mol. The van der Waals surface area contributed by atoms with E-state index in [1.165, 1.54) is 17.4 Å². The summed E-state index contributed by atoms with van der Waals surface area (Å²) in [5.74, 6) is 5.32. The number of nitrogens with zero attached hydrogens (tertiary/aromatic N) is 1. The number of anilines is 1. The van der Waals surface area contributed by atoms with Gasteiger partial charge in [-0.1, -0.05) is 12.1 Å². The lowest BCUT2D eigenvalue weighted by atomic mass is 10.3. The summed E-state index contributed by atoms with van der Waals surface area (Å²) in [5.41, 5.74) is 2.78. The minimum atomic E-state index is -3.53. The third-order valence-electron chi connectivity index (χ3n) is 2.55. The number of nitrogens with one attached hydrogen (secondary N) is 1. The van der Waals surface area contributed by atoms with Crippen molar-refractivity contribution < 1.29 is 13.2 Å². The second-order valence-electron chi connectivity index (χ2n) is 3.81. The van der Waals surface area contributed by atoms with Crippen molar-refractivity contribution >= 4 is 15.7 Å². The van der Waals surface area contributed by atoms with Gasteiger partial charge in [-0.15, -0.1) is 0 Å². The van der Waals surface area contributed by atoms with Crippen LogP contribution in [-0.4, -0.2) is 40.0 Å². The number of hydrazine groups is 1. The van der Waals surface area contributed by atoms with E-state index in [4.69, 9.17) is 10.6 Å². The van der Waals surface area contributed by atoms with Crippen molar-refractivity contribution in [2.24, 2.45) is 5.84 Å². The molecule has 1 aromatic rings. The molecule has 0 saturated heterocycles. The molecule has 1 aromatic carbocycles. The number of sulfonamides is 1. The first-order chi connectivity index (χ1) is 8.54. The molecule has 0 amide bonds. The number of hydrogen-bond acceptors (Lipinski definition) is 5. The summed E-state index contributed by atoms with van der Waals surface area (Å²) in [6.07, 6.45) is 0.643. The minimum Gasteiger partial charge on any atom is -0.385 e. The topological polar surface area (TPSA) is 84.7 Å². The molecule has 0 radical (unpaired) electrons. The van der Waals surface area contributed by atoms with Crippen molar-refractivity contribution in [2.45, 2.75) is 11.3 Å². The maximum Gasteiger partial charge on any atom is 0.244 e. The van der Waals surface area contributed by atoms with Crippen LogP contribution >= 0.6 is 0 Å². The van der Waals surface area contributed by atoms with Gasteiger partial charge in [0.2, 0.25) is 10.0 Å². The fraction of sp³-hybridized carbons (Fsp3) is 0.455. The largest absolute Gasteiger partial charge is 0.385 e. The summed E-state index contributed by atoms with van der Waals surface area (Å²) in [5, 5.41) is 0. The van der Waals surface area contributed by atoms with Crippen LogP contribution in [0, 0.1) is 0 Å². The molecule has 0 aliphatic rings. The number of ether oxygens (including phenoxy) is 1. The molecule has 0 bridgehead atoms. The lowest BCUT2D eigenvalue weighted by Gasteiger charge is -2.18. The maximum absolute atomic E-state index is 12.3. The van der Waals surface area contributed by atoms with Gasteiger partial charge < -0.3 is 10.2 Å². The molecule has 0 atom stereocenters. The Bertz CT molecular complexity index is 476. The van der Waals surface area contributed by atoms with Crippen LogP contribution in [0.2, 0.25) is 0 Å². The van der Waals surface area contributed by atoms with Gasteiger partial charge in [-0.25, -0.2) is 12.7 Å². The van der Waals surface area contributed by atoms with Crippen LogP contribution in [0.3, 0.4) is 0 Å². The molecule has 18 heavy (non-hydrogen) atoms. The van der Waals surface area contributed by atoms with Crippen molar-refractivity contribution in [3.63, 3.8) is 0 Å². The highest BCUT2D eigenvalue weighted by molar-refractivity contribution is 7.89. The number of benzene rings is 1. The Morgan fingerprint density at radius 1 is 1.39 bits per heavy atom. The lowest BCUT2D eigenvalue weighted by Crippen LogP contribution is -2.29. The Morgan fingerprint density at radius 2 is 2.06 bits per heavy atom. The molecule has 0 fully saturated rings. The summed E-state index contributed by atoms with van der Waals surface area (Å²) >= 11 is 0. The number of methoxy groups -OCH3 is 1. The summed E-state index contributed by atoms with van der Waals surface area (Å²) in [6, 6.07) is 6.53. The third kappa shape index (κ3) is 3.42. The van der Waals surface area contributed by atoms with Crippen molar-refractivity contribution in [1.29, 1.82) is 0 Å². The van der Waals surface area contributed by atoms with Crippen molar-refractivity contribution in [2.75, 3.05) is 32.7 Å². The SMILES string of the molecule is COCCCN(C)S(=O)(=O)c1ccccc1NN. The van der Waals surface area contributed by atoms with Crippen LogP contribution in [0.25, 0.3) is 0 Å². The zero-order valence-electron chi connectivity index (χ0n) is 10.6. The van der Waals surface area contributed by atoms with Gasteiger partial charge in [-0.05, 0) is 18.6 Å². The standard InChI is InChI=1S/C11H19N3O3S/c1-14(8-5-9-17-2)18(15,16)11-7-4-3-6-10(11)13-12/h3-4,6-7,13H,5,8-9,12H2,1-2H3. The first-order valence-electron chi connectivity index (χ1n) is 5.55. The van der Waals surface area contributed by atoms with Crippen molar-refractivity contribution in [3.8, 4) is 0 Å². The number of nitrogen functional groups attached to an aromatic ring is 1. The highest BCUT2D eigenvalue weighted by atomic mass is 32.2. The van der Waals surface area contributed by atoms with E-state index < -0.39 is 10.0 Å². The van der Waals surface area contributed by atoms with Gasteiger partial charge in [0.25, 0.3) is 0 Å². The Labute approximate surface area is 108 Å². The van der Waals surface area contributed by atoms with Crippen molar-refractivity contribution in [1.82, 2.24) is 4.31 Å². The van der Waals surface area contributed by atoms with E-state index in [-0.39, 0.29) is 4.90 Å². The first-order valence-corrected chi connectivity index (χ1v) is 6.99. The van der Waals surface area contributed by atoms with E-state index in [0.29, 0.717) is 25.3 Å².